The number of imidazole rings is 1. The molecular weight excluding hydrogens is 679 g/mol. The summed E-state index contributed by atoms with van der Waals surface area (Å²) < 4.78 is 26.6. The molecule has 1 aliphatic carbocycles. The number of anilines is 1. The van der Waals surface area contributed by atoms with Crippen LogP contribution in [-0.2, 0) is 25.2 Å². The van der Waals surface area contributed by atoms with Gasteiger partial charge in [0.25, 0.3) is 5.91 Å². The van der Waals surface area contributed by atoms with Gasteiger partial charge >= 0.3 is 7.12 Å². The molecule has 1 atom stereocenters. The molecular formula is C42H41BN6O5. The predicted molar refractivity (Wildman–Crippen MR) is 207 cm³/mol. The van der Waals surface area contributed by atoms with Gasteiger partial charge in [0, 0.05) is 28.6 Å². The molecule has 0 radical (unpaired) electrons. The van der Waals surface area contributed by atoms with E-state index in [-0.39, 0.29) is 11.9 Å². The number of hydrogen-bond donors (Lipinski definition) is 2. The van der Waals surface area contributed by atoms with Gasteiger partial charge in [-0.2, -0.15) is 0 Å². The number of amides is 1. The van der Waals surface area contributed by atoms with Crippen molar-refractivity contribution in [3.63, 3.8) is 0 Å². The summed E-state index contributed by atoms with van der Waals surface area (Å²) in [6.45, 7) is 9.02. The summed E-state index contributed by atoms with van der Waals surface area (Å²) in [7, 11) is -0.617. The van der Waals surface area contributed by atoms with Crippen molar-refractivity contribution in [3.8, 4) is 28.3 Å². The minimum Gasteiger partial charge on any atom is -0.399 e. The van der Waals surface area contributed by atoms with Gasteiger partial charge in [-0.1, -0.05) is 42.5 Å². The van der Waals surface area contributed by atoms with Gasteiger partial charge in [-0.15, -0.1) is 0 Å². The van der Waals surface area contributed by atoms with Crippen molar-refractivity contribution >= 4 is 35.5 Å². The Hall–Kier alpha value is -5.40. The fraction of sp³-hybridized carbons (Fsp3) is 0.286. The monoisotopic (exact) mass is 720 g/mol. The van der Waals surface area contributed by atoms with Crippen molar-refractivity contribution in [2.24, 2.45) is 0 Å². The lowest BCUT2D eigenvalue weighted by Crippen LogP contribution is -2.41. The molecule has 12 heteroatoms. The van der Waals surface area contributed by atoms with Gasteiger partial charge in [0.15, 0.2) is 17.8 Å². The van der Waals surface area contributed by atoms with Crippen LogP contribution in [0, 0.1) is 0 Å². The van der Waals surface area contributed by atoms with Gasteiger partial charge in [-0.25, -0.2) is 15.0 Å². The first-order valence-corrected chi connectivity index (χ1v) is 18.4. The van der Waals surface area contributed by atoms with E-state index in [0.717, 1.165) is 63.0 Å². The molecule has 1 amide bonds. The van der Waals surface area contributed by atoms with Gasteiger partial charge < -0.3 is 29.8 Å². The van der Waals surface area contributed by atoms with Crippen LogP contribution in [-0.4, -0.2) is 57.0 Å². The summed E-state index contributed by atoms with van der Waals surface area (Å²) in [5.74, 6) is 0.870. The van der Waals surface area contributed by atoms with Crippen LogP contribution in [0.4, 0.5) is 5.82 Å². The maximum Gasteiger partial charge on any atom is 0.495 e. The van der Waals surface area contributed by atoms with E-state index < -0.39 is 24.6 Å². The molecule has 3 N–H and O–H groups in total. The van der Waals surface area contributed by atoms with Gasteiger partial charge in [0.1, 0.15) is 11.3 Å². The number of aryl methyl sites for hydroxylation is 1. The third-order valence-corrected chi connectivity index (χ3v) is 11.2. The van der Waals surface area contributed by atoms with Crippen LogP contribution in [0.2, 0.25) is 0 Å². The molecule has 3 aromatic heterocycles. The number of pyridine rings is 2. The molecule has 2 saturated heterocycles. The predicted octanol–water partition coefficient (Wildman–Crippen LogP) is 6.49. The maximum absolute atomic E-state index is 13.9. The lowest BCUT2D eigenvalue weighted by molar-refractivity contribution is -0.0435. The van der Waals surface area contributed by atoms with E-state index in [4.69, 9.17) is 34.5 Å². The molecule has 272 valence electrons. The van der Waals surface area contributed by atoms with Gasteiger partial charge in [-0.3, -0.25) is 9.36 Å². The van der Waals surface area contributed by atoms with E-state index >= 15 is 0 Å². The molecule has 9 rings (SSSR count). The Bertz CT molecular complexity index is 2390. The first-order chi connectivity index (χ1) is 26.1. The molecule has 11 nitrogen and oxygen atoms in total. The number of ether oxygens (including phenoxy) is 2. The van der Waals surface area contributed by atoms with Gasteiger partial charge in [0.2, 0.25) is 0 Å². The van der Waals surface area contributed by atoms with Gasteiger partial charge in [-0.05, 0) is 106 Å². The number of nitrogens with zero attached hydrogens (tertiary/aromatic N) is 4. The normalized spacial score (nSPS) is 19.0. The third-order valence-electron chi connectivity index (χ3n) is 11.2. The van der Waals surface area contributed by atoms with E-state index in [1.807, 2.05) is 100 Å². The summed E-state index contributed by atoms with van der Waals surface area (Å²) in [6, 6.07) is 29.6. The molecule has 6 aromatic rings. The largest absolute Gasteiger partial charge is 0.495 e. The van der Waals surface area contributed by atoms with Crippen molar-refractivity contribution in [3.05, 3.63) is 119 Å². The average Bonchev–Trinajstić information content (AvgIpc) is 3.97. The summed E-state index contributed by atoms with van der Waals surface area (Å²) in [4.78, 5) is 28.4. The number of carbonyl (C=O) groups is 1. The fourth-order valence-electron chi connectivity index (χ4n) is 7.54. The molecule has 0 saturated carbocycles. The van der Waals surface area contributed by atoms with Crippen LogP contribution in [0.15, 0.2) is 97.2 Å². The number of aromatic nitrogens is 4. The highest BCUT2D eigenvalue weighted by molar-refractivity contribution is 6.62. The standard InChI is InChI=1S/C42H41BN6O5/c1-41(2)42(3,4)54-43(53-41)32-16-12-27(24-31(32)40-51-21-22-52-40)39(50)48-34-17-13-26-23-28(14-15-29(26)34)49-37(30-11-8-20-45-36(30)44)47-35-19-18-33(46-38(35)49)25-9-6-5-7-10-25/h5-12,14-16,18-20,23-24,34,40H,13,17,21-22H2,1-4H3,(H2,44,45)(H,48,50)/t34-/m0/s1. The van der Waals surface area contributed by atoms with E-state index in [9.17, 15) is 4.79 Å². The molecule has 2 aliphatic heterocycles. The highest BCUT2D eigenvalue weighted by Gasteiger charge is 2.52. The number of carbonyl (C=O) groups excluding carboxylic acids is 1. The molecule has 0 bridgehead atoms. The zero-order valence-corrected chi connectivity index (χ0v) is 30.7. The SMILES string of the molecule is CC1(C)OB(c2ccc(C(=O)N[C@H]3CCc4cc(-n5c(-c6cccnc6N)nc6ccc(-c7ccccc7)nc65)ccc43)cc2C2OCCO2)OC1(C)C. The van der Waals surface area contributed by atoms with Crippen LogP contribution < -0.4 is 16.5 Å². The smallest absolute Gasteiger partial charge is 0.399 e. The number of hydrogen-bond acceptors (Lipinski definition) is 9. The first-order valence-electron chi connectivity index (χ1n) is 18.4. The van der Waals surface area contributed by atoms with Crippen LogP contribution in [0.5, 0.6) is 0 Å². The number of nitrogen functional groups attached to an aromatic ring is 1. The van der Waals surface area contributed by atoms with Crippen LogP contribution in [0.25, 0.3) is 39.5 Å². The average molecular weight is 721 g/mol. The third kappa shape index (κ3) is 5.95. The van der Waals surface area contributed by atoms with E-state index in [2.05, 4.69) is 33.1 Å². The van der Waals surface area contributed by atoms with Crippen LogP contribution in [0.1, 0.15) is 73.5 Å². The second-order valence-electron chi connectivity index (χ2n) is 15.1. The molecule has 54 heavy (non-hydrogen) atoms. The van der Waals surface area contributed by atoms with E-state index in [1.54, 1.807) is 6.20 Å². The number of benzene rings is 3. The highest BCUT2D eigenvalue weighted by atomic mass is 16.7. The molecule has 0 spiro atoms. The highest BCUT2D eigenvalue weighted by Crippen LogP contribution is 2.39. The number of nitrogens with two attached hydrogens (primary N) is 1. The van der Waals surface area contributed by atoms with Crippen LogP contribution in [0.3, 0.4) is 0 Å². The maximum atomic E-state index is 13.9. The molecule has 0 unspecified atom stereocenters. The zero-order chi connectivity index (χ0) is 37.2. The second-order valence-corrected chi connectivity index (χ2v) is 15.1. The molecule has 3 aliphatic rings. The minimum absolute atomic E-state index is 0.164. The van der Waals surface area contributed by atoms with E-state index in [0.29, 0.717) is 36.1 Å². The fourth-order valence-corrected chi connectivity index (χ4v) is 7.54. The summed E-state index contributed by atoms with van der Waals surface area (Å²) >= 11 is 0. The Morgan fingerprint density at radius 2 is 1.65 bits per heavy atom. The molecule has 5 heterocycles. The van der Waals surface area contributed by atoms with Crippen molar-refractivity contribution in [2.75, 3.05) is 18.9 Å². The Morgan fingerprint density at radius 1 is 0.870 bits per heavy atom. The second kappa shape index (κ2) is 13.2. The zero-order valence-electron chi connectivity index (χ0n) is 30.7. The van der Waals surface area contributed by atoms with Gasteiger partial charge in [0.05, 0.1) is 41.7 Å². The number of fused-ring (bicyclic) bond motifs is 2. The Labute approximate surface area is 314 Å². The van der Waals surface area contributed by atoms with Crippen molar-refractivity contribution < 1.29 is 23.6 Å². The topological polar surface area (TPSA) is 136 Å². The first kappa shape index (κ1) is 34.4. The van der Waals surface area contributed by atoms with Crippen molar-refractivity contribution in [2.45, 2.75) is 64.1 Å². The lowest BCUT2D eigenvalue weighted by Gasteiger charge is -2.32. The number of nitrogens with one attached hydrogen (secondary N) is 1. The Morgan fingerprint density at radius 3 is 2.41 bits per heavy atom. The summed E-state index contributed by atoms with van der Waals surface area (Å²) in [5.41, 5.74) is 14.6. The Balaban J connectivity index is 1.03. The molecule has 2 fully saturated rings. The summed E-state index contributed by atoms with van der Waals surface area (Å²) in [6.07, 6.45) is 2.62. The van der Waals surface area contributed by atoms with Crippen molar-refractivity contribution in [1.82, 2.24) is 24.8 Å². The minimum atomic E-state index is -0.617. The summed E-state index contributed by atoms with van der Waals surface area (Å²) in [5, 5.41) is 3.30. The van der Waals surface area contributed by atoms with E-state index in [1.165, 1.54) is 0 Å². The number of rotatable bonds is 7. The quantitative estimate of drug-likeness (QED) is 0.177. The molecule has 3 aromatic carbocycles. The van der Waals surface area contributed by atoms with Crippen molar-refractivity contribution in [1.29, 1.82) is 0 Å². The lowest BCUT2D eigenvalue weighted by atomic mass is 9.75. The Kier molecular flexibility index (Phi) is 8.38. The van der Waals surface area contributed by atoms with Crippen LogP contribution >= 0.6 is 0 Å².